The van der Waals surface area contributed by atoms with Crippen LogP contribution in [-0.2, 0) is 6.54 Å². The van der Waals surface area contributed by atoms with Gasteiger partial charge in [0.1, 0.15) is 0 Å². The van der Waals surface area contributed by atoms with E-state index in [1.54, 1.807) is 32.0 Å². The smallest absolute Gasteiger partial charge is 0.223 e. The molecule has 6 heteroatoms. The van der Waals surface area contributed by atoms with E-state index >= 15 is 0 Å². The van der Waals surface area contributed by atoms with Gasteiger partial charge in [-0.05, 0) is 0 Å². The zero-order chi connectivity index (χ0) is 10.5. The second-order valence-corrected chi connectivity index (χ2v) is 2.88. The minimum atomic E-state index is 0.561. The van der Waals surface area contributed by atoms with E-state index in [2.05, 4.69) is 25.3 Å². The van der Waals surface area contributed by atoms with Crippen molar-refractivity contribution in [2.24, 2.45) is 0 Å². The number of hydrogen-bond donors (Lipinski definition) is 2. The number of ether oxygens (including phenoxy) is 1. The van der Waals surface area contributed by atoms with Crippen LogP contribution in [0.25, 0.3) is 0 Å². The van der Waals surface area contributed by atoms with E-state index in [0.29, 0.717) is 18.2 Å². The third-order valence-corrected chi connectivity index (χ3v) is 1.86. The van der Waals surface area contributed by atoms with Crippen LogP contribution in [0.15, 0.2) is 24.9 Å². The average Bonchev–Trinajstić information content (AvgIpc) is 2.80. The van der Waals surface area contributed by atoms with Gasteiger partial charge in [-0.25, -0.2) is 15.0 Å². The van der Waals surface area contributed by atoms with Gasteiger partial charge in [-0.1, -0.05) is 0 Å². The third kappa shape index (κ3) is 2.43. The van der Waals surface area contributed by atoms with E-state index < -0.39 is 0 Å². The van der Waals surface area contributed by atoms with Crippen molar-refractivity contribution in [1.82, 2.24) is 19.9 Å². The molecule has 0 saturated carbocycles. The van der Waals surface area contributed by atoms with Crippen molar-refractivity contribution in [2.75, 3.05) is 12.4 Å². The van der Waals surface area contributed by atoms with Crippen LogP contribution in [0.1, 0.15) is 5.69 Å². The summed E-state index contributed by atoms with van der Waals surface area (Å²) in [7, 11) is 1.58. The molecule has 0 bridgehead atoms. The van der Waals surface area contributed by atoms with Crippen LogP contribution in [-0.4, -0.2) is 27.0 Å². The van der Waals surface area contributed by atoms with Crippen LogP contribution < -0.4 is 10.1 Å². The first-order valence-electron chi connectivity index (χ1n) is 4.45. The molecule has 6 nitrogen and oxygen atoms in total. The summed E-state index contributed by atoms with van der Waals surface area (Å²) in [6, 6.07) is 0. The Morgan fingerprint density at radius 1 is 1.33 bits per heavy atom. The Balaban J connectivity index is 1.93. The van der Waals surface area contributed by atoms with Gasteiger partial charge in [0.2, 0.25) is 5.95 Å². The zero-order valence-corrected chi connectivity index (χ0v) is 8.27. The molecule has 0 saturated heterocycles. The second-order valence-electron chi connectivity index (χ2n) is 2.88. The van der Waals surface area contributed by atoms with E-state index in [4.69, 9.17) is 4.74 Å². The van der Waals surface area contributed by atoms with Crippen molar-refractivity contribution in [2.45, 2.75) is 6.54 Å². The number of aromatic nitrogens is 4. The van der Waals surface area contributed by atoms with Crippen LogP contribution in [0, 0.1) is 0 Å². The maximum Gasteiger partial charge on any atom is 0.223 e. The fourth-order valence-electron chi connectivity index (χ4n) is 1.07. The number of nitrogens with one attached hydrogen (secondary N) is 2. The van der Waals surface area contributed by atoms with E-state index in [0.717, 1.165) is 5.69 Å². The molecule has 2 aromatic rings. The number of methoxy groups -OCH3 is 1. The monoisotopic (exact) mass is 205 g/mol. The molecular weight excluding hydrogens is 194 g/mol. The highest BCUT2D eigenvalue weighted by Gasteiger charge is 1.97. The lowest BCUT2D eigenvalue weighted by molar-refractivity contribution is 0.411. The summed E-state index contributed by atoms with van der Waals surface area (Å²) >= 11 is 0. The van der Waals surface area contributed by atoms with Gasteiger partial charge >= 0.3 is 0 Å². The highest BCUT2D eigenvalue weighted by Crippen LogP contribution is 2.07. The lowest BCUT2D eigenvalue weighted by Crippen LogP contribution is -2.03. The van der Waals surface area contributed by atoms with E-state index in [9.17, 15) is 0 Å². The number of anilines is 1. The number of aromatic amines is 1. The van der Waals surface area contributed by atoms with Crippen molar-refractivity contribution in [3.8, 4) is 5.75 Å². The molecule has 15 heavy (non-hydrogen) atoms. The Morgan fingerprint density at radius 2 is 2.13 bits per heavy atom. The normalized spacial score (nSPS) is 9.93. The van der Waals surface area contributed by atoms with Crippen LogP contribution in [0.5, 0.6) is 5.75 Å². The maximum absolute atomic E-state index is 4.95. The SMILES string of the molecule is COc1cnc(NCc2cnc[nH]2)nc1. The molecule has 0 aliphatic heterocycles. The largest absolute Gasteiger partial charge is 0.494 e. The van der Waals surface area contributed by atoms with Crippen LogP contribution in [0.2, 0.25) is 0 Å². The predicted molar refractivity (Wildman–Crippen MR) is 54.5 cm³/mol. The van der Waals surface area contributed by atoms with Crippen LogP contribution in [0.3, 0.4) is 0 Å². The fourth-order valence-corrected chi connectivity index (χ4v) is 1.07. The molecule has 0 unspecified atom stereocenters. The van der Waals surface area contributed by atoms with Crippen molar-refractivity contribution in [3.05, 3.63) is 30.6 Å². The first-order valence-corrected chi connectivity index (χ1v) is 4.45. The number of imidazole rings is 1. The summed E-state index contributed by atoms with van der Waals surface area (Å²) in [4.78, 5) is 15.0. The van der Waals surface area contributed by atoms with Crippen molar-refractivity contribution in [1.29, 1.82) is 0 Å². The first kappa shape index (κ1) is 9.45. The molecule has 0 atom stereocenters. The summed E-state index contributed by atoms with van der Waals surface area (Å²) in [5.41, 5.74) is 0.981. The van der Waals surface area contributed by atoms with Gasteiger partial charge in [0.05, 0.1) is 38.1 Å². The standard InChI is InChI=1S/C9H11N5O/c1-15-8-4-12-9(13-5-8)11-3-7-2-10-6-14-7/h2,4-6H,3H2,1H3,(H,10,14)(H,11,12,13). The molecule has 0 aromatic carbocycles. The molecule has 2 N–H and O–H groups in total. The lowest BCUT2D eigenvalue weighted by Gasteiger charge is -2.03. The Hall–Kier alpha value is -2.11. The minimum Gasteiger partial charge on any atom is -0.494 e. The summed E-state index contributed by atoms with van der Waals surface area (Å²) in [6.45, 7) is 0.617. The fraction of sp³-hybridized carbons (Fsp3) is 0.222. The third-order valence-electron chi connectivity index (χ3n) is 1.86. The van der Waals surface area contributed by atoms with E-state index in [1.165, 1.54) is 0 Å². The highest BCUT2D eigenvalue weighted by molar-refractivity contribution is 5.27. The molecule has 2 rings (SSSR count). The van der Waals surface area contributed by atoms with E-state index in [-0.39, 0.29) is 0 Å². The molecule has 0 radical (unpaired) electrons. The number of H-pyrrole nitrogens is 1. The van der Waals surface area contributed by atoms with Gasteiger partial charge in [0, 0.05) is 6.20 Å². The predicted octanol–water partition coefficient (Wildman–Crippen LogP) is 0.820. The summed E-state index contributed by atoms with van der Waals surface area (Å²) in [5, 5.41) is 3.05. The van der Waals surface area contributed by atoms with E-state index in [1.807, 2.05) is 0 Å². The highest BCUT2D eigenvalue weighted by atomic mass is 16.5. The van der Waals surface area contributed by atoms with Gasteiger partial charge in [-0.3, -0.25) is 0 Å². The maximum atomic E-state index is 4.95. The summed E-state index contributed by atoms with van der Waals surface area (Å²) in [5.74, 6) is 1.20. The Bertz CT molecular complexity index is 397. The van der Waals surface area contributed by atoms with Crippen LogP contribution in [0.4, 0.5) is 5.95 Å². The zero-order valence-electron chi connectivity index (χ0n) is 8.27. The van der Waals surface area contributed by atoms with Gasteiger partial charge in [0.25, 0.3) is 0 Å². The number of rotatable bonds is 4. The number of nitrogens with zero attached hydrogens (tertiary/aromatic N) is 3. The van der Waals surface area contributed by atoms with Crippen LogP contribution >= 0.6 is 0 Å². The van der Waals surface area contributed by atoms with Crippen molar-refractivity contribution >= 4 is 5.95 Å². The summed E-state index contributed by atoms with van der Waals surface area (Å²) in [6.07, 6.45) is 6.60. The molecule has 0 aliphatic carbocycles. The topological polar surface area (TPSA) is 75.7 Å². The summed E-state index contributed by atoms with van der Waals surface area (Å²) < 4.78 is 4.95. The Labute approximate surface area is 86.7 Å². The second kappa shape index (κ2) is 4.41. The Morgan fingerprint density at radius 3 is 2.73 bits per heavy atom. The Kier molecular flexibility index (Phi) is 2.77. The molecule has 0 spiro atoms. The first-order chi connectivity index (χ1) is 7.38. The number of hydrogen-bond acceptors (Lipinski definition) is 5. The van der Waals surface area contributed by atoms with Gasteiger partial charge < -0.3 is 15.0 Å². The van der Waals surface area contributed by atoms with Crippen molar-refractivity contribution < 1.29 is 4.74 Å². The van der Waals surface area contributed by atoms with Gasteiger partial charge in [-0.15, -0.1) is 0 Å². The minimum absolute atomic E-state index is 0.561. The lowest BCUT2D eigenvalue weighted by atomic mass is 10.5. The molecule has 0 aliphatic rings. The molecular formula is C9H11N5O. The molecule has 0 fully saturated rings. The van der Waals surface area contributed by atoms with Gasteiger partial charge in [0.15, 0.2) is 5.75 Å². The molecule has 2 aromatic heterocycles. The van der Waals surface area contributed by atoms with Crippen molar-refractivity contribution in [3.63, 3.8) is 0 Å². The molecule has 0 amide bonds. The van der Waals surface area contributed by atoms with Gasteiger partial charge in [-0.2, -0.15) is 0 Å². The molecule has 2 heterocycles. The quantitative estimate of drug-likeness (QED) is 0.772. The average molecular weight is 205 g/mol. The molecule has 78 valence electrons.